The lowest BCUT2D eigenvalue weighted by molar-refractivity contribution is -0.124. The maximum atomic E-state index is 12.0. The van der Waals surface area contributed by atoms with Crippen molar-refractivity contribution in [2.75, 3.05) is 13.2 Å². The van der Waals surface area contributed by atoms with Gasteiger partial charge in [0.25, 0.3) is 5.91 Å². The molecule has 3 N–H and O–H groups in total. The Kier molecular flexibility index (Phi) is 7.20. The number of carbonyl (C=O) groups excluding carboxylic acids is 2. The third-order valence-corrected chi connectivity index (χ3v) is 5.10. The summed E-state index contributed by atoms with van der Waals surface area (Å²) in [5.74, 6) is -1.36. The standard InChI is InChI=1S/C17H16Cl2N2O5S/c18-13-4-1-11(2-5-13)7-8-21-16(22)10-26-17(23)12-3-6-14(19)15(9-12)27(20,24)25/h1-6,9H,7-8,10H2,(H,21,22)(H2,20,24,25). The molecule has 2 rings (SSSR count). The maximum Gasteiger partial charge on any atom is 0.338 e. The highest BCUT2D eigenvalue weighted by Gasteiger charge is 2.17. The number of nitrogens with one attached hydrogen (secondary N) is 1. The molecule has 1 amide bonds. The lowest BCUT2D eigenvalue weighted by Crippen LogP contribution is -2.30. The van der Waals surface area contributed by atoms with Crippen LogP contribution in [0.4, 0.5) is 0 Å². The molecule has 0 atom stereocenters. The molecule has 0 spiro atoms. The van der Waals surface area contributed by atoms with E-state index >= 15 is 0 Å². The van der Waals surface area contributed by atoms with Crippen molar-refractivity contribution in [2.45, 2.75) is 11.3 Å². The predicted molar refractivity (Wildman–Crippen MR) is 101 cm³/mol. The van der Waals surface area contributed by atoms with Gasteiger partial charge in [-0.2, -0.15) is 0 Å². The second-order valence-electron chi connectivity index (χ2n) is 5.49. The lowest BCUT2D eigenvalue weighted by Gasteiger charge is -2.08. The highest BCUT2D eigenvalue weighted by atomic mass is 35.5. The summed E-state index contributed by atoms with van der Waals surface area (Å²) in [4.78, 5) is 23.3. The Labute approximate surface area is 166 Å². The third-order valence-electron chi connectivity index (χ3n) is 3.46. The fourth-order valence-corrected chi connectivity index (χ4v) is 3.31. The van der Waals surface area contributed by atoms with Gasteiger partial charge in [-0.25, -0.2) is 18.4 Å². The Bertz CT molecular complexity index is 946. The van der Waals surface area contributed by atoms with Crippen molar-refractivity contribution in [3.8, 4) is 0 Å². The van der Waals surface area contributed by atoms with Crippen LogP contribution in [0.15, 0.2) is 47.4 Å². The Morgan fingerprint density at radius 1 is 1.07 bits per heavy atom. The second-order valence-corrected chi connectivity index (χ2v) is 7.87. The lowest BCUT2D eigenvalue weighted by atomic mass is 10.1. The molecule has 7 nitrogen and oxygen atoms in total. The summed E-state index contributed by atoms with van der Waals surface area (Å²) in [6.07, 6.45) is 0.589. The van der Waals surface area contributed by atoms with Crippen molar-refractivity contribution in [3.05, 3.63) is 63.6 Å². The van der Waals surface area contributed by atoms with E-state index in [9.17, 15) is 18.0 Å². The van der Waals surface area contributed by atoms with Gasteiger partial charge >= 0.3 is 5.97 Å². The number of sulfonamides is 1. The molecule has 0 unspecified atom stereocenters. The molecule has 0 saturated heterocycles. The minimum absolute atomic E-state index is 0.0858. The molecule has 0 bridgehead atoms. The summed E-state index contributed by atoms with van der Waals surface area (Å²) in [6, 6.07) is 10.7. The van der Waals surface area contributed by atoms with E-state index in [0.29, 0.717) is 18.0 Å². The summed E-state index contributed by atoms with van der Waals surface area (Å²) in [5, 5.41) is 8.15. The predicted octanol–water partition coefficient (Wildman–Crippen LogP) is 2.16. The second kappa shape index (κ2) is 9.18. The maximum absolute atomic E-state index is 12.0. The van der Waals surface area contributed by atoms with E-state index in [0.717, 1.165) is 11.6 Å². The van der Waals surface area contributed by atoms with E-state index in [1.54, 1.807) is 12.1 Å². The zero-order chi connectivity index (χ0) is 20.0. The van der Waals surface area contributed by atoms with Crippen molar-refractivity contribution >= 4 is 45.1 Å². The minimum Gasteiger partial charge on any atom is -0.452 e. The number of esters is 1. The number of nitrogens with two attached hydrogens (primary N) is 1. The molecule has 0 aliphatic rings. The highest BCUT2D eigenvalue weighted by molar-refractivity contribution is 7.89. The van der Waals surface area contributed by atoms with Crippen molar-refractivity contribution in [3.63, 3.8) is 0 Å². The van der Waals surface area contributed by atoms with Gasteiger partial charge in [-0.15, -0.1) is 0 Å². The number of hydrogen-bond donors (Lipinski definition) is 2. The summed E-state index contributed by atoms with van der Waals surface area (Å²) in [6.45, 7) is -0.151. The molecule has 0 aliphatic heterocycles. The van der Waals surface area contributed by atoms with E-state index in [1.165, 1.54) is 12.1 Å². The molecular weight excluding hydrogens is 415 g/mol. The number of benzene rings is 2. The number of halogens is 2. The first-order valence-electron chi connectivity index (χ1n) is 7.67. The van der Waals surface area contributed by atoms with Gasteiger partial charge in [0.15, 0.2) is 6.61 Å². The Morgan fingerprint density at radius 3 is 2.37 bits per heavy atom. The summed E-state index contributed by atoms with van der Waals surface area (Å²) in [5.41, 5.74) is 0.908. The Morgan fingerprint density at radius 2 is 1.74 bits per heavy atom. The van der Waals surface area contributed by atoms with Crippen LogP contribution in [-0.2, 0) is 26.0 Å². The smallest absolute Gasteiger partial charge is 0.338 e. The first-order chi connectivity index (χ1) is 12.7. The van der Waals surface area contributed by atoms with Gasteiger partial charge in [0.05, 0.1) is 10.6 Å². The van der Waals surface area contributed by atoms with Gasteiger partial charge in [-0.3, -0.25) is 4.79 Å². The van der Waals surface area contributed by atoms with Crippen molar-refractivity contribution in [2.24, 2.45) is 5.14 Å². The molecule has 10 heteroatoms. The molecule has 0 fully saturated rings. The highest BCUT2D eigenvalue weighted by Crippen LogP contribution is 2.21. The fraction of sp³-hybridized carbons (Fsp3) is 0.176. The molecule has 0 saturated carbocycles. The Balaban J connectivity index is 1.84. The number of rotatable bonds is 7. The molecular formula is C17H16Cl2N2O5S. The molecule has 2 aromatic rings. The average molecular weight is 431 g/mol. The van der Waals surface area contributed by atoms with Crippen LogP contribution in [0, 0.1) is 0 Å². The van der Waals surface area contributed by atoms with Crippen LogP contribution in [0.1, 0.15) is 15.9 Å². The summed E-state index contributed by atoms with van der Waals surface area (Å²) >= 11 is 11.5. The third kappa shape index (κ3) is 6.51. The SMILES string of the molecule is NS(=O)(=O)c1cc(C(=O)OCC(=O)NCCc2ccc(Cl)cc2)ccc1Cl. The molecule has 2 aromatic carbocycles. The van der Waals surface area contributed by atoms with E-state index in [-0.39, 0.29) is 10.6 Å². The zero-order valence-corrected chi connectivity index (χ0v) is 16.3. The van der Waals surface area contributed by atoms with Crippen LogP contribution in [0.2, 0.25) is 10.0 Å². The zero-order valence-electron chi connectivity index (χ0n) is 13.9. The van der Waals surface area contributed by atoms with Gasteiger partial charge in [0, 0.05) is 11.6 Å². The van der Waals surface area contributed by atoms with Crippen LogP contribution < -0.4 is 10.5 Å². The topological polar surface area (TPSA) is 116 Å². The molecule has 0 heterocycles. The molecule has 0 aromatic heterocycles. The van der Waals surface area contributed by atoms with E-state index < -0.39 is 33.4 Å². The van der Waals surface area contributed by atoms with Crippen LogP contribution >= 0.6 is 23.2 Å². The van der Waals surface area contributed by atoms with Gasteiger partial charge in [0.1, 0.15) is 4.90 Å². The van der Waals surface area contributed by atoms with Crippen molar-refractivity contribution in [1.82, 2.24) is 5.32 Å². The Hall–Kier alpha value is -2.13. The molecule has 144 valence electrons. The first kappa shape index (κ1) is 21.2. The quantitative estimate of drug-likeness (QED) is 0.652. The summed E-state index contributed by atoms with van der Waals surface area (Å²) < 4.78 is 27.7. The number of carbonyl (C=O) groups is 2. The molecule has 0 radical (unpaired) electrons. The van der Waals surface area contributed by atoms with Crippen molar-refractivity contribution < 1.29 is 22.7 Å². The van der Waals surface area contributed by atoms with Gasteiger partial charge in [-0.1, -0.05) is 35.3 Å². The summed E-state index contributed by atoms with van der Waals surface area (Å²) in [7, 11) is -4.09. The van der Waals surface area contributed by atoms with Crippen LogP contribution in [0.3, 0.4) is 0 Å². The normalized spacial score (nSPS) is 11.1. The number of primary sulfonamides is 1. The van der Waals surface area contributed by atoms with Crippen LogP contribution in [0.5, 0.6) is 0 Å². The van der Waals surface area contributed by atoms with E-state index in [2.05, 4.69) is 5.32 Å². The minimum atomic E-state index is -4.09. The van der Waals surface area contributed by atoms with Gasteiger partial charge in [0.2, 0.25) is 10.0 Å². The van der Waals surface area contributed by atoms with Gasteiger partial charge in [-0.05, 0) is 42.3 Å². The molecule has 0 aliphatic carbocycles. The molecule has 27 heavy (non-hydrogen) atoms. The fourth-order valence-electron chi connectivity index (χ4n) is 2.11. The van der Waals surface area contributed by atoms with Crippen LogP contribution in [-0.4, -0.2) is 33.4 Å². The van der Waals surface area contributed by atoms with Gasteiger partial charge < -0.3 is 10.1 Å². The van der Waals surface area contributed by atoms with Crippen molar-refractivity contribution in [1.29, 1.82) is 0 Å². The number of hydrogen-bond acceptors (Lipinski definition) is 5. The van der Waals surface area contributed by atoms with E-state index in [4.69, 9.17) is 33.1 Å². The van der Waals surface area contributed by atoms with E-state index in [1.807, 2.05) is 12.1 Å². The average Bonchev–Trinajstić information content (AvgIpc) is 2.61. The van der Waals surface area contributed by atoms with Crippen LogP contribution in [0.25, 0.3) is 0 Å². The number of amides is 1. The monoisotopic (exact) mass is 430 g/mol. The first-order valence-corrected chi connectivity index (χ1v) is 9.97. The largest absolute Gasteiger partial charge is 0.452 e. The number of ether oxygens (including phenoxy) is 1.